The highest BCUT2D eigenvalue weighted by Crippen LogP contribution is 2.36. The van der Waals surface area contributed by atoms with Crippen molar-refractivity contribution in [2.24, 2.45) is 0 Å². The van der Waals surface area contributed by atoms with Gasteiger partial charge in [-0.15, -0.1) is 11.3 Å². The molecule has 1 atom stereocenters. The van der Waals surface area contributed by atoms with E-state index in [-0.39, 0.29) is 6.04 Å². The number of rotatable bonds is 4. The number of thiophene rings is 1. The molecule has 1 aromatic carbocycles. The molecule has 0 saturated carbocycles. The average Bonchev–Trinajstić information content (AvgIpc) is 2.97. The van der Waals surface area contributed by atoms with E-state index < -0.39 is 0 Å². The zero-order valence-electron chi connectivity index (χ0n) is 11.5. The maximum absolute atomic E-state index is 5.65. The van der Waals surface area contributed by atoms with E-state index in [0.29, 0.717) is 13.2 Å². The van der Waals surface area contributed by atoms with Gasteiger partial charge in [0.15, 0.2) is 11.5 Å². The molecule has 1 aliphatic heterocycles. The summed E-state index contributed by atoms with van der Waals surface area (Å²) >= 11 is 1.68. The maximum Gasteiger partial charge on any atom is 0.161 e. The van der Waals surface area contributed by atoms with E-state index in [1.54, 1.807) is 18.4 Å². The molecule has 20 heavy (non-hydrogen) atoms. The molecular weight excluding hydrogens is 274 g/mol. The van der Waals surface area contributed by atoms with Crippen LogP contribution in [0.2, 0.25) is 0 Å². The number of hydrogen-bond donors (Lipinski definition) is 1. The van der Waals surface area contributed by atoms with Crippen LogP contribution in [0.1, 0.15) is 16.5 Å². The fraction of sp³-hybridized carbons (Fsp3) is 0.333. The minimum Gasteiger partial charge on any atom is -0.496 e. The van der Waals surface area contributed by atoms with Crippen molar-refractivity contribution < 1.29 is 14.2 Å². The van der Waals surface area contributed by atoms with Gasteiger partial charge >= 0.3 is 0 Å². The average molecular weight is 291 g/mol. The molecule has 0 aliphatic carbocycles. The van der Waals surface area contributed by atoms with Crippen LogP contribution in [0.3, 0.4) is 0 Å². The lowest BCUT2D eigenvalue weighted by Crippen LogP contribution is -2.18. The van der Waals surface area contributed by atoms with Crippen LogP contribution in [0, 0.1) is 0 Å². The van der Waals surface area contributed by atoms with E-state index >= 15 is 0 Å². The highest BCUT2D eigenvalue weighted by molar-refractivity contribution is 7.10. The second kappa shape index (κ2) is 5.73. The molecule has 0 spiro atoms. The summed E-state index contributed by atoms with van der Waals surface area (Å²) in [4.78, 5) is 1.21. The molecule has 2 aromatic rings. The minimum atomic E-state index is 0.125. The van der Waals surface area contributed by atoms with Crippen molar-refractivity contribution in [3.63, 3.8) is 0 Å². The molecule has 4 nitrogen and oxygen atoms in total. The molecule has 0 amide bonds. The van der Waals surface area contributed by atoms with Gasteiger partial charge in [-0.1, -0.05) is 6.07 Å². The Morgan fingerprint density at radius 1 is 1.20 bits per heavy atom. The van der Waals surface area contributed by atoms with Crippen molar-refractivity contribution in [1.82, 2.24) is 5.32 Å². The predicted octanol–water partition coefficient (Wildman–Crippen LogP) is 2.84. The third-order valence-corrected chi connectivity index (χ3v) is 4.28. The summed E-state index contributed by atoms with van der Waals surface area (Å²) < 4.78 is 16.5. The number of fused-ring (bicyclic) bond motifs is 1. The minimum absolute atomic E-state index is 0.125. The van der Waals surface area contributed by atoms with Crippen LogP contribution in [0.25, 0.3) is 0 Å². The lowest BCUT2D eigenvalue weighted by atomic mass is 10.0. The van der Waals surface area contributed by atoms with Gasteiger partial charge in [0, 0.05) is 10.3 Å². The highest BCUT2D eigenvalue weighted by atomic mass is 32.1. The Bertz CT molecular complexity index is 597. The standard InChI is InChI=1S/C15H17NO3S/c1-16-15(14-8-11(17-2)9-20-14)10-3-4-12-13(7-10)19-6-5-18-12/h3-4,7-9,15-16H,5-6H2,1-2H3. The van der Waals surface area contributed by atoms with Crippen molar-refractivity contribution >= 4 is 11.3 Å². The first-order valence-electron chi connectivity index (χ1n) is 6.51. The van der Waals surface area contributed by atoms with Gasteiger partial charge in [-0.3, -0.25) is 0 Å². The van der Waals surface area contributed by atoms with Gasteiger partial charge in [0.05, 0.1) is 13.2 Å². The van der Waals surface area contributed by atoms with Crippen molar-refractivity contribution in [2.45, 2.75) is 6.04 Å². The van der Waals surface area contributed by atoms with Crippen molar-refractivity contribution in [1.29, 1.82) is 0 Å². The molecule has 3 rings (SSSR count). The molecule has 0 radical (unpaired) electrons. The lowest BCUT2D eigenvalue weighted by Gasteiger charge is -2.21. The Morgan fingerprint density at radius 2 is 2.00 bits per heavy atom. The van der Waals surface area contributed by atoms with Crippen LogP contribution in [0.5, 0.6) is 17.2 Å². The van der Waals surface area contributed by atoms with Crippen LogP contribution in [-0.4, -0.2) is 27.4 Å². The van der Waals surface area contributed by atoms with Gasteiger partial charge < -0.3 is 19.5 Å². The van der Waals surface area contributed by atoms with E-state index in [1.807, 2.05) is 24.6 Å². The topological polar surface area (TPSA) is 39.7 Å². The van der Waals surface area contributed by atoms with Gasteiger partial charge in [-0.2, -0.15) is 0 Å². The summed E-state index contributed by atoms with van der Waals surface area (Å²) in [6.45, 7) is 1.22. The zero-order chi connectivity index (χ0) is 13.9. The van der Waals surface area contributed by atoms with E-state index in [1.165, 1.54) is 4.88 Å². The summed E-state index contributed by atoms with van der Waals surface area (Å²) in [5, 5.41) is 5.35. The van der Waals surface area contributed by atoms with Crippen LogP contribution in [0.4, 0.5) is 0 Å². The predicted molar refractivity (Wildman–Crippen MR) is 79.2 cm³/mol. The second-order valence-corrected chi connectivity index (χ2v) is 5.46. The quantitative estimate of drug-likeness (QED) is 0.940. The van der Waals surface area contributed by atoms with Crippen molar-refractivity contribution in [2.75, 3.05) is 27.4 Å². The van der Waals surface area contributed by atoms with Gasteiger partial charge in [0.2, 0.25) is 0 Å². The number of benzene rings is 1. The SMILES string of the molecule is CNC(c1ccc2c(c1)OCCO2)c1cc(OC)cs1. The molecule has 1 aromatic heterocycles. The van der Waals surface area contributed by atoms with Crippen LogP contribution < -0.4 is 19.5 Å². The molecule has 0 fully saturated rings. The summed E-state index contributed by atoms with van der Waals surface area (Å²) in [6.07, 6.45) is 0. The Morgan fingerprint density at radius 3 is 2.70 bits per heavy atom. The zero-order valence-corrected chi connectivity index (χ0v) is 12.3. The van der Waals surface area contributed by atoms with Gasteiger partial charge in [0.1, 0.15) is 19.0 Å². The molecule has 1 aliphatic rings. The summed E-state index contributed by atoms with van der Waals surface area (Å²) in [7, 11) is 3.64. The monoisotopic (exact) mass is 291 g/mol. The number of ether oxygens (including phenoxy) is 3. The largest absolute Gasteiger partial charge is 0.496 e. The molecular formula is C15H17NO3S. The summed E-state index contributed by atoms with van der Waals surface area (Å²) in [5.74, 6) is 2.53. The molecule has 1 unspecified atom stereocenters. The van der Waals surface area contributed by atoms with Gasteiger partial charge in [-0.05, 0) is 30.8 Å². The number of hydrogen-bond acceptors (Lipinski definition) is 5. The first-order chi connectivity index (χ1) is 9.81. The number of nitrogens with one attached hydrogen (secondary N) is 1. The fourth-order valence-corrected chi connectivity index (χ4v) is 3.30. The molecule has 106 valence electrons. The van der Waals surface area contributed by atoms with Crippen LogP contribution in [-0.2, 0) is 0 Å². The third kappa shape index (κ3) is 2.46. The summed E-state index contributed by atoms with van der Waals surface area (Å²) in [6, 6.07) is 8.27. The first kappa shape index (κ1) is 13.3. The van der Waals surface area contributed by atoms with Crippen LogP contribution >= 0.6 is 11.3 Å². The van der Waals surface area contributed by atoms with Crippen molar-refractivity contribution in [3.8, 4) is 17.2 Å². The van der Waals surface area contributed by atoms with Crippen molar-refractivity contribution in [3.05, 3.63) is 40.1 Å². The molecule has 5 heteroatoms. The number of methoxy groups -OCH3 is 1. The smallest absolute Gasteiger partial charge is 0.161 e. The Labute approximate surface area is 122 Å². The Hall–Kier alpha value is -1.72. The molecule has 0 bridgehead atoms. The second-order valence-electron chi connectivity index (χ2n) is 4.51. The normalized spacial score (nSPS) is 14.9. The third-order valence-electron chi connectivity index (χ3n) is 3.30. The van der Waals surface area contributed by atoms with E-state index in [4.69, 9.17) is 14.2 Å². The maximum atomic E-state index is 5.65. The highest BCUT2D eigenvalue weighted by Gasteiger charge is 2.18. The van der Waals surface area contributed by atoms with E-state index in [9.17, 15) is 0 Å². The first-order valence-corrected chi connectivity index (χ1v) is 7.39. The molecule has 2 heterocycles. The van der Waals surface area contributed by atoms with Crippen LogP contribution in [0.15, 0.2) is 29.6 Å². The lowest BCUT2D eigenvalue weighted by molar-refractivity contribution is 0.171. The molecule has 1 N–H and O–H groups in total. The Kier molecular flexibility index (Phi) is 3.80. The van der Waals surface area contributed by atoms with E-state index in [2.05, 4.69) is 17.4 Å². The van der Waals surface area contributed by atoms with Gasteiger partial charge in [-0.25, -0.2) is 0 Å². The molecule has 0 saturated heterocycles. The fourth-order valence-electron chi connectivity index (χ4n) is 2.31. The van der Waals surface area contributed by atoms with Gasteiger partial charge in [0.25, 0.3) is 0 Å². The van der Waals surface area contributed by atoms with E-state index in [0.717, 1.165) is 22.8 Å². The summed E-state index contributed by atoms with van der Waals surface area (Å²) in [5.41, 5.74) is 1.15. The Balaban J connectivity index is 1.92.